The molecule has 0 heterocycles. The summed E-state index contributed by atoms with van der Waals surface area (Å²) in [6.45, 7) is 0.410. The minimum absolute atomic E-state index is 0.410. The van der Waals surface area contributed by atoms with E-state index in [2.05, 4.69) is 0 Å². The highest BCUT2D eigenvalue weighted by Crippen LogP contribution is 2.39. The first-order valence-corrected chi connectivity index (χ1v) is 10.2. The minimum atomic E-state index is -0.974. The topological polar surface area (TPSA) is 65.0 Å². The van der Waals surface area contributed by atoms with Crippen molar-refractivity contribution in [3.8, 4) is 17.2 Å². The van der Waals surface area contributed by atoms with Crippen molar-refractivity contribution in [1.29, 1.82) is 0 Å². The van der Waals surface area contributed by atoms with Crippen molar-refractivity contribution >= 4 is 18.1 Å². The Hall–Kier alpha value is -3.99. The third-order valence-corrected chi connectivity index (χ3v) is 4.80. The number of carbonyl (C=O) groups is 1. The second kappa shape index (κ2) is 11.4. The van der Waals surface area contributed by atoms with Crippen LogP contribution in [0.15, 0.2) is 78.9 Å². The Labute approximate surface area is 188 Å². The van der Waals surface area contributed by atoms with Crippen LogP contribution in [0.2, 0.25) is 0 Å². The summed E-state index contributed by atoms with van der Waals surface area (Å²) in [6, 6.07) is 21.4. The number of carboxylic acid groups (broad SMARTS) is 1. The van der Waals surface area contributed by atoms with Crippen LogP contribution < -0.4 is 14.2 Å². The van der Waals surface area contributed by atoms with Crippen molar-refractivity contribution in [2.24, 2.45) is 0 Å². The lowest BCUT2D eigenvalue weighted by molar-refractivity contribution is -0.131. The van der Waals surface area contributed by atoms with Crippen LogP contribution in [0, 0.1) is 0 Å². The second-order valence-electron chi connectivity index (χ2n) is 7.01. The molecule has 0 aliphatic carbocycles. The second-order valence-corrected chi connectivity index (χ2v) is 7.01. The molecule has 0 saturated heterocycles. The number of hydrogen-bond donors (Lipinski definition) is 1. The van der Waals surface area contributed by atoms with E-state index < -0.39 is 5.97 Å². The van der Waals surface area contributed by atoms with E-state index in [4.69, 9.17) is 19.3 Å². The van der Waals surface area contributed by atoms with Crippen LogP contribution in [0.1, 0.15) is 22.3 Å². The van der Waals surface area contributed by atoms with Gasteiger partial charge in [0, 0.05) is 6.08 Å². The molecule has 0 aliphatic rings. The van der Waals surface area contributed by atoms with Crippen molar-refractivity contribution in [3.05, 3.63) is 101 Å². The van der Waals surface area contributed by atoms with Gasteiger partial charge in [-0.15, -0.1) is 0 Å². The first kappa shape index (κ1) is 22.7. The molecule has 5 heteroatoms. The predicted molar refractivity (Wildman–Crippen MR) is 126 cm³/mol. The third kappa shape index (κ3) is 6.25. The van der Waals surface area contributed by atoms with Gasteiger partial charge in [-0.05, 0) is 46.9 Å². The lowest BCUT2D eigenvalue weighted by Gasteiger charge is -2.16. The van der Waals surface area contributed by atoms with Crippen molar-refractivity contribution < 1.29 is 24.1 Å². The Bertz CT molecular complexity index is 1080. The van der Waals surface area contributed by atoms with Crippen LogP contribution in [0.5, 0.6) is 17.2 Å². The van der Waals surface area contributed by atoms with E-state index in [1.165, 1.54) is 0 Å². The molecule has 0 saturated carbocycles. The van der Waals surface area contributed by atoms with Gasteiger partial charge in [-0.3, -0.25) is 0 Å². The van der Waals surface area contributed by atoms with Crippen LogP contribution in [-0.2, 0) is 17.8 Å². The molecule has 0 unspecified atom stereocenters. The average molecular weight is 431 g/mol. The van der Waals surface area contributed by atoms with Crippen molar-refractivity contribution in [1.82, 2.24) is 0 Å². The summed E-state index contributed by atoms with van der Waals surface area (Å²) in [4.78, 5) is 10.8. The lowest BCUT2D eigenvalue weighted by atomic mass is 10.0. The number of aliphatic carboxylic acids is 1. The standard InChI is InChI=1S/C27H26O5/c1-30-24-17-21(11-8-14-22-12-6-7-13-23(22)15-16-26(28)29)18-25(31-2)27(24)32-19-20-9-4-3-5-10-20/h3-10,12-18H,11,19H2,1-2H3,(H,28,29)/b14-8+,16-15+. The van der Waals surface area contributed by atoms with Crippen LogP contribution in [-0.4, -0.2) is 25.3 Å². The zero-order chi connectivity index (χ0) is 22.8. The number of ether oxygens (including phenoxy) is 3. The molecule has 1 N–H and O–H groups in total. The van der Waals surface area contributed by atoms with E-state index in [1.54, 1.807) is 20.3 Å². The average Bonchev–Trinajstić information content (AvgIpc) is 2.82. The maximum Gasteiger partial charge on any atom is 0.328 e. The molecule has 0 aliphatic heterocycles. The summed E-state index contributed by atoms with van der Waals surface area (Å²) in [5.41, 5.74) is 3.83. The van der Waals surface area contributed by atoms with E-state index in [-0.39, 0.29) is 0 Å². The molecule has 3 rings (SSSR count). The summed E-state index contributed by atoms with van der Waals surface area (Å²) in [7, 11) is 3.21. The number of benzene rings is 3. The van der Waals surface area contributed by atoms with E-state index in [0.717, 1.165) is 28.3 Å². The highest BCUT2D eigenvalue weighted by atomic mass is 16.5. The number of carboxylic acids is 1. The fourth-order valence-electron chi connectivity index (χ4n) is 3.22. The van der Waals surface area contributed by atoms with E-state index >= 15 is 0 Å². The van der Waals surface area contributed by atoms with E-state index in [1.807, 2.05) is 78.9 Å². The molecule has 0 radical (unpaired) electrons. The molecule has 3 aromatic carbocycles. The van der Waals surface area contributed by atoms with Gasteiger partial charge in [-0.1, -0.05) is 66.7 Å². The summed E-state index contributed by atoms with van der Waals surface area (Å²) >= 11 is 0. The Morgan fingerprint density at radius 2 is 1.44 bits per heavy atom. The van der Waals surface area contributed by atoms with Crippen molar-refractivity contribution in [2.75, 3.05) is 14.2 Å². The Morgan fingerprint density at radius 1 is 0.844 bits per heavy atom. The van der Waals surface area contributed by atoms with Gasteiger partial charge in [0.25, 0.3) is 0 Å². The molecule has 0 spiro atoms. The van der Waals surface area contributed by atoms with Crippen molar-refractivity contribution in [3.63, 3.8) is 0 Å². The summed E-state index contributed by atoms with van der Waals surface area (Å²) in [5.74, 6) is 0.801. The fourth-order valence-corrected chi connectivity index (χ4v) is 3.22. The summed E-state index contributed by atoms with van der Waals surface area (Å²) in [5, 5.41) is 8.88. The van der Waals surface area contributed by atoms with Crippen molar-refractivity contribution in [2.45, 2.75) is 13.0 Å². The van der Waals surface area contributed by atoms with Crippen LogP contribution in [0.25, 0.3) is 12.2 Å². The number of methoxy groups -OCH3 is 2. The molecular formula is C27H26O5. The highest BCUT2D eigenvalue weighted by Gasteiger charge is 2.14. The van der Waals surface area contributed by atoms with E-state index in [9.17, 15) is 4.79 Å². The quantitative estimate of drug-likeness (QED) is 0.422. The molecule has 32 heavy (non-hydrogen) atoms. The molecule has 0 bridgehead atoms. The molecular weight excluding hydrogens is 404 g/mol. The minimum Gasteiger partial charge on any atom is -0.493 e. The Balaban J connectivity index is 1.77. The SMILES string of the molecule is COc1cc(C/C=C/c2ccccc2/C=C/C(=O)O)cc(OC)c1OCc1ccccc1. The highest BCUT2D eigenvalue weighted by molar-refractivity contribution is 5.86. The maximum atomic E-state index is 10.8. The van der Waals surface area contributed by atoms with Gasteiger partial charge >= 0.3 is 5.97 Å². The van der Waals surface area contributed by atoms with Crippen LogP contribution >= 0.6 is 0 Å². The molecule has 0 amide bonds. The lowest BCUT2D eigenvalue weighted by Crippen LogP contribution is -2.01. The third-order valence-electron chi connectivity index (χ3n) is 4.80. The maximum absolute atomic E-state index is 10.8. The first-order valence-electron chi connectivity index (χ1n) is 10.2. The van der Waals surface area contributed by atoms with Gasteiger partial charge in [0.15, 0.2) is 11.5 Å². The molecule has 3 aromatic rings. The molecule has 0 fully saturated rings. The van der Waals surface area contributed by atoms with Gasteiger partial charge in [-0.25, -0.2) is 4.79 Å². The summed E-state index contributed by atoms with van der Waals surface area (Å²) in [6.07, 6.45) is 7.36. The summed E-state index contributed by atoms with van der Waals surface area (Å²) < 4.78 is 17.1. The van der Waals surface area contributed by atoms with Gasteiger partial charge in [0.1, 0.15) is 6.61 Å². The first-order chi connectivity index (χ1) is 15.6. The smallest absolute Gasteiger partial charge is 0.328 e. The molecule has 5 nitrogen and oxygen atoms in total. The van der Waals surface area contributed by atoms with Gasteiger partial charge in [0.2, 0.25) is 5.75 Å². The Morgan fingerprint density at radius 3 is 2.03 bits per heavy atom. The molecule has 0 atom stereocenters. The number of hydrogen-bond acceptors (Lipinski definition) is 4. The van der Waals surface area contributed by atoms with Crippen LogP contribution in [0.3, 0.4) is 0 Å². The molecule has 164 valence electrons. The predicted octanol–water partition coefficient (Wildman–Crippen LogP) is 5.64. The number of rotatable bonds is 10. The zero-order valence-corrected chi connectivity index (χ0v) is 18.2. The van der Waals surface area contributed by atoms with Gasteiger partial charge in [-0.2, -0.15) is 0 Å². The Kier molecular flexibility index (Phi) is 8.09. The van der Waals surface area contributed by atoms with E-state index in [0.29, 0.717) is 30.3 Å². The van der Waals surface area contributed by atoms with Crippen LogP contribution in [0.4, 0.5) is 0 Å². The number of allylic oxidation sites excluding steroid dienone is 1. The fraction of sp³-hybridized carbons (Fsp3) is 0.148. The van der Waals surface area contributed by atoms with Gasteiger partial charge < -0.3 is 19.3 Å². The van der Waals surface area contributed by atoms with Gasteiger partial charge in [0.05, 0.1) is 14.2 Å². The largest absolute Gasteiger partial charge is 0.493 e. The monoisotopic (exact) mass is 430 g/mol. The molecule has 0 aromatic heterocycles. The normalized spacial score (nSPS) is 11.1. The zero-order valence-electron chi connectivity index (χ0n) is 18.2.